The van der Waals surface area contributed by atoms with E-state index in [1.54, 1.807) is 12.1 Å². The molecule has 0 aromatic heterocycles. The van der Waals surface area contributed by atoms with Crippen molar-refractivity contribution in [3.05, 3.63) is 83.9 Å². The fourth-order valence-electron chi connectivity index (χ4n) is 4.25. The van der Waals surface area contributed by atoms with Crippen molar-refractivity contribution < 1.29 is 27.4 Å². The standard InChI is InChI=1S/C27H26F3O3S/c1-26(16-6-7-17-26)33-24-18-22(14-15-23(24)27(28,29)30)34(20-8-4-3-5-9-20)21-12-10-19(11-13-21)25(31)32-2/h3-5,8-15,18H,6-7,16-17H2,1-2H3/q+1. The number of rotatable bonds is 6. The predicted molar refractivity (Wildman–Crippen MR) is 125 cm³/mol. The minimum atomic E-state index is -4.52. The van der Waals surface area contributed by atoms with Crippen molar-refractivity contribution in [1.82, 2.24) is 0 Å². The number of hydrogen-bond donors (Lipinski definition) is 0. The lowest BCUT2D eigenvalue weighted by Gasteiger charge is -2.27. The van der Waals surface area contributed by atoms with E-state index in [4.69, 9.17) is 9.47 Å². The summed E-state index contributed by atoms with van der Waals surface area (Å²) in [4.78, 5) is 14.4. The number of methoxy groups -OCH3 is 1. The van der Waals surface area contributed by atoms with Crippen LogP contribution >= 0.6 is 0 Å². The molecule has 7 heteroatoms. The van der Waals surface area contributed by atoms with Gasteiger partial charge >= 0.3 is 12.1 Å². The van der Waals surface area contributed by atoms with E-state index in [1.165, 1.54) is 19.2 Å². The van der Waals surface area contributed by atoms with E-state index in [9.17, 15) is 18.0 Å². The second-order valence-electron chi connectivity index (χ2n) is 8.55. The predicted octanol–water partition coefficient (Wildman–Crippen LogP) is 7.30. The SMILES string of the molecule is COC(=O)c1ccc([S+](c2ccccc2)c2ccc(C(F)(F)F)c(OC3(C)CCCC3)c2)cc1. The van der Waals surface area contributed by atoms with Crippen molar-refractivity contribution in [2.24, 2.45) is 0 Å². The van der Waals surface area contributed by atoms with E-state index < -0.39 is 34.2 Å². The van der Waals surface area contributed by atoms with E-state index in [0.29, 0.717) is 10.5 Å². The van der Waals surface area contributed by atoms with Gasteiger partial charge in [-0.1, -0.05) is 18.2 Å². The van der Waals surface area contributed by atoms with Crippen LogP contribution in [0.4, 0.5) is 13.2 Å². The Morgan fingerprint density at radius 1 is 0.882 bits per heavy atom. The first kappa shape index (κ1) is 24.2. The van der Waals surface area contributed by atoms with Gasteiger partial charge in [-0.2, -0.15) is 13.2 Å². The fraction of sp³-hybridized carbons (Fsp3) is 0.296. The van der Waals surface area contributed by atoms with E-state index in [1.807, 2.05) is 49.4 Å². The van der Waals surface area contributed by atoms with E-state index in [-0.39, 0.29) is 5.75 Å². The molecule has 0 spiro atoms. The molecule has 3 aromatic carbocycles. The van der Waals surface area contributed by atoms with Gasteiger partial charge in [0, 0.05) is 6.07 Å². The zero-order chi connectivity index (χ0) is 24.3. The van der Waals surface area contributed by atoms with Crippen molar-refractivity contribution >= 4 is 16.9 Å². The Morgan fingerprint density at radius 3 is 2.06 bits per heavy atom. The third-order valence-electron chi connectivity index (χ3n) is 6.00. The quantitative estimate of drug-likeness (QED) is 0.270. The second-order valence-corrected chi connectivity index (χ2v) is 10.6. The van der Waals surface area contributed by atoms with Crippen LogP contribution in [0.1, 0.15) is 48.5 Å². The van der Waals surface area contributed by atoms with Gasteiger partial charge in [-0.05, 0) is 81.1 Å². The zero-order valence-electron chi connectivity index (χ0n) is 19.0. The van der Waals surface area contributed by atoms with E-state index in [0.717, 1.165) is 41.5 Å². The summed E-state index contributed by atoms with van der Waals surface area (Å²) in [6.45, 7) is 1.88. The monoisotopic (exact) mass is 487 g/mol. The highest BCUT2D eigenvalue weighted by molar-refractivity contribution is 7.97. The highest BCUT2D eigenvalue weighted by atomic mass is 32.2. The van der Waals surface area contributed by atoms with Crippen LogP contribution in [-0.2, 0) is 21.8 Å². The van der Waals surface area contributed by atoms with Crippen LogP contribution in [0.5, 0.6) is 5.75 Å². The molecule has 0 heterocycles. The Morgan fingerprint density at radius 2 is 1.47 bits per heavy atom. The molecule has 1 aliphatic rings. The summed E-state index contributed by atoms with van der Waals surface area (Å²) in [6.07, 6.45) is -1.17. The minimum absolute atomic E-state index is 0.131. The Labute approximate surface area is 200 Å². The minimum Gasteiger partial charge on any atom is -0.487 e. The number of carbonyl (C=O) groups is 1. The van der Waals surface area contributed by atoms with Gasteiger partial charge in [-0.3, -0.25) is 0 Å². The highest BCUT2D eigenvalue weighted by Gasteiger charge is 2.40. The maximum absolute atomic E-state index is 13.9. The van der Waals surface area contributed by atoms with Crippen LogP contribution in [0.15, 0.2) is 87.5 Å². The Hall–Kier alpha value is -2.93. The lowest BCUT2D eigenvalue weighted by atomic mass is 10.1. The molecule has 1 aliphatic carbocycles. The summed E-state index contributed by atoms with van der Waals surface area (Å²) < 4.78 is 52.4. The maximum Gasteiger partial charge on any atom is 0.419 e. The molecule has 1 atom stereocenters. The summed E-state index contributed by atoms with van der Waals surface area (Å²) in [6, 6.07) is 20.8. The first-order valence-corrected chi connectivity index (χ1v) is 12.3. The number of ether oxygens (including phenoxy) is 2. The molecular formula is C27H26F3O3S+. The molecule has 0 amide bonds. The van der Waals surface area contributed by atoms with Crippen LogP contribution in [0.2, 0.25) is 0 Å². The Kier molecular flexibility index (Phi) is 6.94. The smallest absolute Gasteiger partial charge is 0.419 e. The highest BCUT2D eigenvalue weighted by Crippen LogP contribution is 2.43. The molecule has 1 saturated carbocycles. The lowest BCUT2D eigenvalue weighted by Crippen LogP contribution is -2.29. The Bertz CT molecular complexity index is 1140. The number of halogens is 3. The fourth-order valence-corrected chi connectivity index (χ4v) is 6.33. The van der Waals surface area contributed by atoms with Crippen molar-refractivity contribution in [2.75, 3.05) is 7.11 Å². The van der Waals surface area contributed by atoms with Crippen molar-refractivity contribution in [3.8, 4) is 5.75 Å². The summed E-state index contributed by atoms with van der Waals surface area (Å²) in [5, 5.41) is 0. The first-order valence-electron chi connectivity index (χ1n) is 11.1. The van der Waals surface area contributed by atoms with E-state index >= 15 is 0 Å². The summed E-state index contributed by atoms with van der Waals surface area (Å²) >= 11 is 0. The average molecular weight is 488 g/mol. The second kappa shape index (κ2) is 9.74. The molecule has 1 unspecified atom stereocenters. The largest absolute Gasteiger partial charge is 0.487 e. The summed E-state index contributed by atoms with van der Waals surface area (Å²) in [5.41, 5.74) is -0.956. The Balaban J connectivity index is 1.81. The van der Waals surface area contributed by atoms with Crippen LogP contribution in [0.3, 0.4) is 0 Å². The van der Waals surface area contributed by atoms with Crippen LogP contribution in [0.25, 0.3) is 0 Å². The average Bonchev–Trinajstić information content (AvgIpc) is 3.25. The topological polar surface area (TPSA) is 35.5 Å². The molecule has 3 nitrogen and oxygen atoms in total. The van der Waals surface area contributed by atoms with Crippen molar-refractivity contribution in [2.45, 2.75) is 59.1 Å². The third kappa shape index (κ3) is 5.25. The van der Waals surface area contributed by atoms with Gasteiger partial charge in [0.25, 0.3) is 0 Å². The maximum atomic E-state index is 13.9. The summed E-state index contributed by atoms with van der Waals surface area (Å²) in [5.74, 6) is -0.574. The van der Waals surface area contributed by atoms with Crippen LogP contribution in [-0.4, -0.2) is 18.7 Å². The molecule has 0 aliphatic heterocycles. The molecule has 0 saturated heterocycles. The first-order chi connectivity index (χ1) is 16.2. The molecule has 4 rings (SSSR count). The number of benzene rings is 3. The molecule has 0 N–H and O–H groups in total. The number of alkyl halides is 3. The molecule has 0 bridgehead atoms. The van der Waals surface area contributed by atoms with Gasteiger partial charge < -0.3 is 9.47 Å². The van der Waals surface area contributed by atoms with Gasteiger partial charge in [-0.15, -0.1) is 0 Å². The molecule has 34 heavy (non-hydrogen) atoms. The van der Waals surface area contributed by atoms with Crippen molar-refractivity contribution in [1.29, 1.82) is 0 Å². The number of esters is 1. The van der Waals surface area contributed by atoms with Crippen molar-refractivity contribution in [3.63, 3.8) is 0 Å². The van der Waals surface area contributed by atoms with Crippen LogP contribution in [0, 0.1) is 0 Å². The summed E-state index contributed by atoms with van der Waals surface area (Å²) in [7, 11) is 0.619. The number of carbonyl (C=O) groups excluding carboxylic acids is 1. The molecule has 178 valence electrons. The van der Waals surface area contributed by atoms with Gasteiger partial charge in [0.2, 0.25) is 0 Å². The normalized spacial score (nSPS) is 16.1. The molecule has 0 radical (unpaired) electrons. The third-order valence-corrected chi connectivity index (χ3v) is 8.21. The van der Waals surface area contributed by atoms with Gasteiger partial charge in [0.15, 0.2) is 14.7 Å². The van der Waals surface area contributed by atoms with Gasteiger partial charge in [0.1, 0.15) is 11.4 Å². The zero-order valence-corrected chi connectivity index (χ0v) is 19.8. The molecule has 1 fully saturated rings. The van der Waals surface area contributed by atoms with Gasteiger partial charge in [0.05, 0.1) is 29.1 Å². The van der Waals surface area contributed by atoms with Gasteiger partial charge in [-0.25, -0.2) is 4.79 Å². The van der Waals surface area contributed by atoms with Crippen LogP contribution < -0.4 is 4.74 Å². The number of hydrogen-bond acceptors (Lipinski definition) is 3. The molecular weight excluding hydrogens is 461 g/mol. The van der Waals surface area contributed by atoms with E-state index in [2.05, 4.69) is 0 Å². The lowest BCUT2D eigenvalue weighted by molar-refractivity contribution is -0.139. The molecule has 3 aromatic rings.